The first-order valence-electron chi connectivity index (χ1n) is 10.4. The quantitative estimate of drug-likeness (QED) is 0.684. The van der Waals surface area contributed by atoms with Gasteiger partial charge < -0.3 is 14.5 Å². The minimum absolute atomic E-state index is 0.193. The van der Waals surface area contributed by atoms with Crippen LogP contribution in [0.2, 0.25) is 0 Å². The zero-order valence-corrected chi connectivity index (χ0v) is 19.6. The molecule has 0 aliphatic carbocycles. The molecule has 1 saturated heterocycles. The number of piperazine rings is 1. The maximum Gasteiger partial charge on any atom is 0.246 e. The number of hydrogen-bond donors (Lipinski definition) is 0. The molecule has 1 aliphatic rings. The smallest absolute Gasteiger partial charge is 0.246 e. The molecule has 1 heterocycles. The number of ether oxygens (including phenoxy) is 1. The van der Waals surface area contributed by atoms with E-state index in [1.54, 1.807) is 43.2 Å². The summed E-state index contributed by atoms with van der Waals surface area (Å²) >= 11 is 0. The highest BCUT2D eigenvalue weighted by Crippen LogP contribution is 2.26. The van der Waals surface area contributed by atoms with E-state index in [4.69, 9.17) is 4.74 Å². The fourth-order valence-corrected chi connectivity index (χ4v) is 5.21. The van der Waals surface area contributed by atoms with E-state index in [1.807, 2.05) is 0 Å². The maximum atomic E-state index is 13.2. The molecule has 168 valence electrons. The second-order valence-electron chi connectivity index (χ2n) is 7.96. The van der Waals surface area contributed by atoms with Gasteiger partial charge in [-0.2, -0.15) is 0 Å². The fourth-order valence-electron chi connectivity index (χ4n) is 4.04. The average Bonchev–Trinajstić information content (AvgIpc) is 2.75. The zero-order chi connectivity index (χ0) is 22.8. The van der Waals surface area contributed by atoms with Crippen LogP contribution < -0.4 is 13.9 Å². The lowest BCUT2D eigenvalue weighted by molar-refractivity contribution is -0.132. The summed E-state index contributed by atoms with van der Waals surface area (Å²) < 4.78 is 31.4. The molecule has 8 heteroatoms. The molecular formula is C23H31N3O4S. The summed E-state index contributed by atoms with van der Waals surface area (Å²) in [5.41, 5.74) is 4.13. The third-order valence-corrected chi connectivity index (χ3v) is 7.14. The monoisotopic (exact) mass is 445 g/mol. The van der Waals surface area contributed by atoms with Crippen molar-refractivity contribution in [3.63, 3.8) is 0 Å². The van der Waals surface area contributed by atoms with Crippen molar-refractivity contribution in [1.29, 1.82) is 0 Å². The zero-order valence-electron chi connectivity index (χ0n) is 18.8. The molecule has 0 aromatic heterocycles. The Bertz CT molecular complexity index is 1030. The van der Waals surface area contributed by atoms with Crippen molar-refractivity contribution in [2.45, 2.75) is 26.8 Å². The molecule has 31 heavy (non-hydrogen) atoms. The first-order chi connectivity index (χ1) is 14.6. The van der Waals surface area contributed by atoms with Crippen LogP contribution in [0.15, 0.2) is 42.5 Å². The van der Waals surface area contributed by atoms with Crippen LogP contribution in [0.3, 0.4) is 0 Å². The van der Waals surface area contributed by atoms with Gasteiger partial charge in [0.2, 0.25) is 15.9 Å². The minimum Gasteiger partial charge on any atom is -0.497 e. The van der Waals surface area contributed by atoms with Crippen molar-refractivity contribution in [1.82, 2.24) is 4.90 Å². The Morgan fingerprint density at radius 2 is 1.65 bits per heavy atom. The molecular weight excluding hydrogens is 414 g/mol. The number of carbonyl (C=O) groups excluding carboxylic acids is 1. The summed E-state index contributed by atoms with van der Waals surface area (Å²) in [7, 11) is -2.10. The molecule has 3 rings (SSSR count). The average molecular weight is 446 g/mol. The summed E-state index contributed by atoms with van der Waals surface area (Å²) in [6.45, 7) is 8.38. The van der Waals surface area contributed by atoms with E-state index < -0.39 is 16.1 Å². The standard InChI is InChI=1S/C23H31N3O4S/c1-17-7-6-8-22(18(17)2)24-13-15-25(16-14-24)23(27)19(3)26(31(5,28)29)20-9-11-21(30-4)12-10-20/h6-12,19H,13-16H2,1-5H3/t19-/m0/s1. The van der Waals surface area contributed by atoms with Crippen molar-refractivity contribution >= 4 is 27.3 Å². The number of benzene rings is 2. The van der Waals surface area contributed by atoms with Crippen molar-refractivity contribution in [2.24, 2.45) is 0 Å². The first-order valence-corrected chi connectivity index (χ1v) is 12.2. The number of aryl methyl sites for hydroxylation is 1. The van der Waals surface area contributed by atoms with E-state index in [0.29, 0.717) is 37.6 Å². The van der Waals surface area contributed by atoms with E-state index in [2.05, 4.69) is 36.9 Å². The number of nitrogens with zero attached hydrogens (tertiary/aromatic N) is 3. The molecule has 0 saturated carbocycles. The van der Waals surface area contributed by atoms with Crippen molar-refractivity contribution in [3.8, 4) is 5.75 Å². The van der Waals surface area contributed by atoms with Crippen molar-refractivity contribution in [3.05, 3.63) is 53.6 Å². The third kappa shape index (κ3) is 4.95. The number of carbonyl (C=O) groups is 1. The normalized spacial score (nSPS) is 15.5. The van der Waals surface area contributed by atoms with Crippen LogP contribution in [-0.2, 0) is 14.8 Å². The van der Waals surface area contributed by atoms with Crippen LogP contribution in [0.5, 0.6) is 5.75 Å². The molecule has 0 unspecified atom stereocenters. The topological polar surface area (TPSA) is 70.2 Å². The predicted molar refractivity (Wildman–Crippen MR) is 124 cm³/mol. The van der Waals surface area contributed by atoms with Crippen molar-refractivity contribution in [2.75, 3.05) is 48.7 Å². The van der Waals surface area contributed by atoms with Crippen LogP contribution in [0, 0.1) is 13.8 Å². The Morgan fingerprint density at radius 3 is 2.19 bits per heavy atom. The lowest BCUT2D eigenvalue weighted by atomic mass is 10.1. The van der Waals surface area contributed by atoms with Crippen molar-refractivity contribution < 1.29 is 17.9 Å². The summed E-state index contributed by atoms with van der Waals surface area (Å²) in [5.74, 6) is 0.431. The van der Waals surface area contributed by atoms with E-state index in [9.17, 15) is 13.2 Å². The van der Waals surface area contributed by atoms with Gasteiger partial charge in [0, 0.05) is 31.9 Å². The third-order valence-electron chi connectivity index (χ3n) is 5.90. The summed E-state index contributed by atoms with van der Waals surface area (Å²) in [6.07, 6.45) is 1.12. The molecule has 0 bridgehead atoms. The molecule has 2 aromatic carbocycles. The Morgan fingerprint density at radius 1 is 1.03 bits per heavy atom. The van der Waals surface area contributed by atoms with Crippen LogP contribution >= 0.6 is 0 Å². The minimum atomic E-state index is -3.65. The number of rotatable bonds is 6. The largest absolute Gasteiger partial charge is 0.497 e. The number of methoxy groups -OCH3 is 1. The summed E-state index contributed by atoms with van der Waals surface area (Å²) in [5, 5.41) is 0. The highest BCUT2D eigenvalue weighted by molar-refractivity contribution is 7.92. The highest BCUT2D eigenvalue weighted by atomic mass is 32.2. The van der Waals surface area contributed by atoms with Gasteiger partial charge in [0.15, 0.2) is 0 Å². The predicted octanol–water partition coefficient (Wildman–Crippen LogP) is 2.82. The molecule has 1 atom stereocenters. The summed E-state index contributed by atoms with van der Waals surface area (Å²) in [4.78, 5) is 17.3. The van der Waals surface area contributed by atoms with Crippen LogP contribution in [-0.4, -0.2) is 64.8 Å². The SMILES string of the molecule is COc1ccc(N([C@@H](C)C(=O)N2CCN(c3cccc(C)c3C)CC2)S(C)(=O)=O)cc1. The van der Waals surface area contributed by atoms with E-state index in [1.165, 1.54) is 21.1 Å². The molecule has 1 amide bonds. The Labute approximate surface area is 185 Å². The molecule has 0 N–H and O–H groups in total. The second-order valence-corrected chi connectivity index (χ2v) is 9.82. The van der Waals surface area contributed by atoms with Crippen LogP contribution in [0.4, 0.5) is 11.4 Å². The van der Waals surface area contributed by atoms with Gasteiger partial charge in [-0.25, -0.2) is 8.42 Å². The lowest BCUT2D eigenvalue weighted by Gasteiger charge is -2.39. The number of anilines is 2. The molecule has 7 nitrogen and oxygen atoms in total. The maximum absolute atomic E-state index is 13.2. The Balaban J connectivity index is 1.74. The molecule has 0 radical (unpaired) electrons. The van der Waals surface area contributed by atoms with Gasteiger partial charge >= 0.3 is 0 Å². The van der Waals surface area contributed by atoms with Gasteiger partial charge in [-0.3, -0.25) is 9.10 Å². The van der Waals surface area contributed by atoms with Gasteiger partial charge in [-0.1, -0.05) is 12.1 Å². The van der Waals surface area contributed by atoms with Gasteiger partial charge in [0.1, 0.15) is 11.8 Å². The fraction of sp³-hybridized carbons (Fsp3) is 0.435. The second kappa shape index (κ2) is 9.18. The Kier molecular flexibility index (Phi) is 6.79. The number of hydrogen-bond acceptors (Lipinski definition) is 5. The van der Waals surface area contributed by atoms with Gasteiger partial charge in [0.05, 0.1) is 19.1 Å². The molecule has 0 spiro atoms. The van der Waals surface area contributed by atoms with E-state index >= 15 is 0 Å². The number of sulfonamides is 1. The molecule has 1 fully saturated rings. The van der Waals surface area contributed by atoms with Crippen LogP contribution in [0.25, 0.3) is 0 Å². The number of amides is 1. The Hall–Kier alpha value is -2.74. The van der Waals surface area contributed by atoms with E-state index in [-0.39, 0.29) is 5.91 Å². The van der Waals surface area contributed by atoms with Gasteiger partial charge in [-0.05, 0) is 62.2 Å². The molecule has 1 aliphatic heterocycles. The van der Waals surface area contributed by atoms with Gasteiger partial charge in [-0.15, -0.1) is 0 Å². The lowest BCUT2D eigenvalue weighted by Crippen LogP contribution is -2.55. The molecule has 2 aromatic rings. The highest BCUT2D eigenvalue weighted by Gasteiger charge is 2.33. The van der Waals surface area contributed by atoms with Gasteiger partial charge in [0.25, 0.3) is 0 Å². The first kappa shape index (κ1) is 22.9. The van der Waals surface area contributed by atoms with Crippen LogP contribution in [0.1, 0.15) is 18.1 Å². The summed E-state index contributed by atoms with van der Waals surface area (Å²) in [6, 6.07) is 12.1. The van der Waals surface area contributed by atoms with E-state index in [0.717, 1.165) is 6.26 Å².